The Balaban J connectivity index is 2.61. The third-order valence-corrected chi connectivity index (χ3v) is 2.38. The van der Waals surface area contributed by atoms with Crippen LogP contribution in [0.2, 0.25) is 0 Å². The number of rotatable bonds is 6. The van der Waals surface area contributed by atoms with E-state index >= 15 is 0 Å². The van der Waals surface area contributed by atoms with E-state index in [4.69, 9.17) is 18.9 Å². The summed E-state index contributed by atoms with van der Waals surface area (Å²) >= 11 is 0. The van der Waals surface area contributed by atoms with Crippen LogP contribution >= 0.6 is 0 Å². The molecule has 0 saturated heterocycles. The molecule has 0 spiro atoms. The standard InChI is InChI=1S/C15H20O4/c1-5-18-12(2)19-8-6-7-13-9-14(16-3)11-15(10-13)17-4/h9-12H,5,8H2,1-4H3. The molecule has 4 heteroatoms. The van der Waals surface area contributed by atoms with Gasteiger partial charge in [-0.25, -0.2) is 0 Å². The fourth-order valence-electron chi connectivity index (χ4n) is 1.46. The van der Waals surface area contributed by atoms with E-state index in [1.54, 1.807) is 20.3 Å². The average Bonchev–Trinajstić information content (AvgIpc) is 2.43. The van der Waals surface area contributed by atoms with Gasteiger partial charge in [0.15, 0.2) is 6.29 Å². The van der Waals surface area contributed by atoms with Crippen molar-refractivity contribution in [1.29, 1.82) is 0 Å². The molecule has 1 unspecified atom stereocenters. The highest BCUT2D eigenvalue weighted by Crippen LogP contribution is 2.21. The van der Waals surface area contributed by atoms with Crippen LogP contribution < -0.4 is 9.47 Å². The second kappa shape index (κ2) is 8.41. The van der Waals surface area contributed by atoms with E-state index in [9.17, 15) is 0 Å². The molecule has 0 amide bonds. The number of hydrogen-bond donors (Lipinski definition) is 0. The van der Waals surface area contributed by atoms with Crippen molar-refractivity contribution in [2.75, 3.05) is 27.4 Å². The third kappa shape index (κ3) is 5.64. The van der Waals surface area contributed by atoms with Gasteiger partial charge in [-0.2, -0.15) is 0 Å². The van der Waals surface area contributed by atoms with Crippen LogP contribution in [0.15, 0.2) is 18.2 Å². The second-order valence-electron chi connectivity index (χ2n) is 3.74. The van der Waals surface area contributed by atoms with E-state index < -0.39 is 0 Å². The molecule has 0 aromatic heterocycles. The van der Waals surface area contributed by atoms with Crippen LogP contribution in [0, 0.1) is 11.8 Å². The molecule has 19 heavy (non-hydrogen) atoms. The molecular weight excluding hydrogens is 244 g/mol. The minimum absolute atomic E-state index is 0.237. The lowest BCUT2D eigenvalue weighted by molar-refractivity contribution is -0.117. The number of ether oxygens (including phenoxy) is 4. The van der Waals surface area contributed by atoms with Gasteiger partial charge in [-0.05, 0) is 26.0 Å². The molecule has 0 bridgehead atoms. The molecule has 4 nitrogen and oxygen atoms in total. The summed E-state index contributed by atoms with van der Waals surface area (Å²) in [5, 5.41) is 0. The molecule has 0 heterocycles. The molecule has 1 atom stereocenters. The lowest BCUT2D eigenvalue weighted by Crippen LogP contribution is -2.12. The van der Waals surface area contributed by atoms with Crippen LogP contribution in [0.3, 0.4) is 0 Å². The van der Waals surface area contributed by atoms with Gasteiger partial charge < -0.3 is 18.9 Å². The third-order valence-electron chi connectivity index (χ3n) is 2.38. The van der Waals surface area contributed by atoms with Gasteiger partial charge in [0.05, 0.1) is 14.2 Å². The number of hydrogen-bond acceptors (Lipinski definition) is 4. The molecule has 0 radical (unpaired) electrons. The number of benzene rings is 1. The minimum atomic E-state index is -0.237. The summed E-state index contributed by atoms with van der Waals surface area (Å²) in [4.78, 5) is 0. The Kier molecular flexibility index (Phi) is 6.80. The van der Waals surface area contributed by atoms with Crippen molar-refractivity contribution in [2.45, 2.75) is 20.1 Å². The maximum absolute atomic E-state index is 5.36. The summed E-state index contributed by atoms with van der Waals surface area (Å²) in [5.74, 6) is 7.36. The van der Waals surface area contributed by atoms with Gasteiger partial charge in [0.25, 0.3) is 0 Å². The Bertz CT molecular complexity index is 423. The van der Waals surface area contributed by atoms with Crippen LogP contribution in [-0.4, -0.2) is 33.7 Å². The molecule has 104 valence electrons. The Labute approximate surface area is 114 Å². The highest BCUT2D eigenvalue weighted by atomic mass is 16.7. The van der Waals surface area contributed by atoms with E-state index in [-0.39, 0.29) is 6.29 Å². The second-order valence-corrected chi connectivity index (χ2v) is 3.74. The highest BCUT2D eigenvalue weighted by molar-refractivity contribution is 5.46. The Morgan fingerprint density at radius 1 is 1.05 bits per heavy atom. The van der Waals surface area contributed by atoms with Gasteiger partial charge in [-0.1, -0.05) is 11.8 Å². The molecule has 1 aromatic carbocycles. The maximum atomic E-state index is 5.36. The highest BCUT2D eigenvalue weighted by Gasteiger charge is 2.00. The molecular formula is C15H20O4. The van der Waals surface area contributed by atoms with Crippen LogP contribution in [0.4, 0.5) is 0 Å². The van der Waals surface area contributed by atoms with Crippen molar-refractivity contribution < 1.29 is 18.9 Å². The zero-order valence-electron chi connectivity index (χ0n) is 11.9. The summed E-state index contributed by atoms with van der Waals surface area (Å²) in [7, 11) is 3.22. The fourth-order valence-corrected chi connectivity index (χ4v) is 1.46. The van der Waals surface area contributed by atoms with Gasteiger partial charge in [-0.15, -0.1) is 0 Å². The van der Waals surface area contributed by atoms with Crippen molar-refractivity contribution in [3.8, 4) is 23.3 Å². The van der Waals surface area contributed by atoms with E-state index in [0.717, 1.165) is 5.56 Å². The first-order chi connectivity index (χ1) is 9.19. The summed E-state index contributed by atoms with van der Waals surface area (Å²) in [6.45, 7) is 4.72. The largest absolute Gasteiger partial charge is 0.497 e. The van der Waals surface area contributed by atoms with Crippen LogP contribution in [-0.2, 0) is 9.47 Å². The van der Waals surface area contributed by atoms with Gasteiger partial charge in [-0.3, -0.25) is 0 Å². The first kappa shape index (κ1) is 15.4. The van der Waals surface area contributed by atoms with Crippen molar-refractivity contribution in [1.82, 2.24) is 0 Å². The summed E-state index contributed by atoms with van der Waals surface area (Å²) in [6, 6.07) is 5.50. The van der Waals surface area contributed by atoms with Crippen molar-refractivity contribution in [2.24, 2.45) is 0 Å². The summed E-state index contributed by atoms with van der Waals surface area (Å²) < 4.78 is 20.9. The van der Waals surface area contributed by atoms with E-state index in [2.05, 4.69) is 11.8 Å². The predicted molar refractivity (Wildman–Crippen MR) is 73.5 cm³/mol. The van der Waals surface area contributed by atoms with Gasteiger partial charge in [0.2, 0.25) is 0 Å². The average molecular weight is 264 g/mol. The van der Waals surface area contributed by atoms with E-state index in [1.807, 2.05) is 26.0 Å². The molecule has 0 saturated carbocycles. The van der Waals surface area contributed by atoms with Crippen LogP contribution in [0.25, 0.3) is 0 Å². The molecule has 0 aliphatic heterocycles. The normalized spacial score (nSPS) is 11.4. The first-order valence-electron chi connectivity index (χ1n) is 6.14. The van der Waals surface area contributed by atoms with Gasteiger partial charge in [0, 0.05) is 18.2 Å². The quantitative estimate of drug-likeness (QED) is 0.584. The predicted octanol–water partition coefficient (Wildman–Crippen LogP) is 2.45. The van der Waals surface area contributed by atoms with E-state index in [0.29, 0.717) is 24.7 Å². The number of methoxy groups -OCH3 is 2. The van der Waals surface area contributed by atoms with Crippen molar-refractivity contribution >= 4 is 0 Å². The zero-order chi connectivity index (χ0) is 14.1. The van der Waals surface area contributed by atoms with E-state index in [1.165, 1.54) is 0 Å². The Morgan fingerprint density at radius 3 is 2.21 bits per heavy atom. The molecule has 1 aromatic rings. The SMILES string of the molecule is CCOC(C)OCC#Cc1cc(OC)cc(OC)c1. The van der Waals surface area contributed by atoms with Crippen molar-refractivity contribution in [3.05, 3.63) is 23.8 Å². The van der Waals surface area contributed by atoms with Crippen molar-refractivity contribution in [3.63, 3.8) is 0 Å². The smallest absolute Gasteiger partial charge is 0.156 e. The summed E-state index contributed by atoms with van der Waals surface area (Å²) in [6.07, 6.45) is -0.237. The first-order valence-corrected chi connectivity index (χ1v) is 6.14. The minimum Gasteiger partial charge on any atom is -0.497 e. The topological polar surface area (TPSA) is 36.9 Å². The molecule has 0 fully saturated rings. The Morgan fingerprint density at radius 2 is 1.68 bits per heavy atom. The van der Waals surface area contributed by atoms with Gasteiger partial charge >= 0.3 is 0 Å². The fraction of sp³-hybridized carbons (Fsp3) is 0.467. The monoisotopic (exact) mass is 264 g/mol. The zero-order valence-corrected chi connectivity index (χ0v) is 11.9. The molecule has 0 aliphatic carbocycles. The molecule has 0 N–H and O–H groups in total. The van der Waals surface area contributed by atoms with Crippen LogP contribution in [0.1, 0.15) is 19.4 Å². The lowest BCUT2D eigenvalue weighted by atomic mass is 10.2. The van der Waals surface area contributed by atoms with Gasteiger partial charge in [0.1, 0.15) is 18.1 Å². The lowest BCUT2D eigenvalue weighted by Gasteiger charge is -2.09. The molecule has 1 rings (SSSR count). The van der Waals surface area contributed by atoms with Crippen LogP contribution in [0.5, 0.6) is 11.5 Å². The maximum Gasteiger partial charge on any atom is 0.156 e. The summed E-state index contributed by atoms with van der Waals surface area (Å²) in [5.41, 5.74) is 0.823. The molecule has 0 aliphatic rings. The Hall–Kier alpha value is -1.70.